The molecule has 1 aromatic heterocycles. The van der Waals surface area contributed by atoms with Crippen molar-refractivity contribution in [3.05, 3.63) is 58.6 Å². The summed E-state index contributed by atoms with van der Waals surface area (Å²) < 4.78 is 19.1. The van der Waals surface area contributed by atoms with Gasteiger partial charge >= 0.3 is 0 Å². The maximum atomic E-state index is 13.9. The van der Waals surface area contributed by atoms with E-state index in [0.717, 1.165) is 0 Å². The molecule has 2 N–H and O–H groups in total. The third-order valence-electron chi connectivity index (χ3n) is 2.63. The molecule has 0 bridgehead atoms. The summed E-state index contributed by atoms with van der Waals surface area (Å²) >= 11 is 5.74. The lowest BCUT2D eigenvalue weighted by Gasteiger charge is -2.15. The topological polar surface area (TPSA) is 48.1 Å². The number of aromatic nitrogens is 1. The molecule has 0 radical (unpaired) electrons. The van der Waals surface area contributed by atoms with Crippen LogP contribution in [0.5, 0.6) is 5.75 Å². The second kappa shape index (κ2) is 5.33. The van der Waals surface area contributed by atoms with Crippen LogP contribution in [0.3, 0.4) is 0 Å². The molecule has 3 nitrogen and oxygen atoms in total. The van der Waals surface area contributed by atoms with Gasteiger partial charge in [0.2, 0.25) is 0 Å². The molecule has 0 aliphatic carbocycles. The van der Waals surface area contributed by atoms with Crippen LogP contribution in [0.4, 0.5) is 4.39 Å². The lowest BCUT2D eigenvalue weighted by Crippen LogP contribution is -2.16. The summed E-state index contributed by atoms with van der Waals surface area (Å²) in [5.41, 5.74) is 6.79. The zero-order valence-electron chi connectivity index (χ0n) is 9.73. The number of hydrogen-bond acceptors (Lipinski definition) is 3. The van der Waals surface area contributed by atoms with E-state index in [-0.39, 0.29) is 5.02 Å². The Morgan fingerprint density at radius 1 is 1.33 bits per heavy atom. The van der Waals surface area contributed by atoms with Crippen LogP contribution in [0, 0.1) is 5.82 Å². The van der Waals surface area contributed by atoms with Crippen LogP contribution in [0.15, 0.2) is 36.5 Å². The molecule has 1 heterocycles. The Morgan fingerprint density at radius 3 is 2.83 bits per heavy atom. The molecule has 1 atom stereocenters. The second-order valence-corrected chi connectivity index (χ2v) is 4.12. The van der Waals surface area contributed by atoms with Crippen LogP contribution in [-0.2, 0) is 0 Å². The number of ether oxygens (including phenoxy) is 1. The monoisotopic (exact) mass is 266 g/mol. The summed E-state index contributed by atoms with van der Waals surface area (Å²) in [5, 5.41) is 0.0397. The van der Waals surface area contributed by atoms with E-state index in [1.807, 2.05) is 0 Å². The minimum Gasteiger partial charge on any atom is -0.495 e. The molecule has 0 aliphatic heterocycles. The van der Waals surface area contributed by atoms with Crippen LogP contribution in [0.1, 0.15) is 17.3 Å². The molecule has 1 aromatic carbocycles. The summed E-state index contributed by atoms with van der Waals surface area (Å²) in [4.78, 5) is 4.14. The Balaban J connectivity index is 2.48. The van der Waals surface area contributed by atoms with Crippen molar-refractivity contribution < 1.29 is 9.13 Å². The number of nitrogens with zero attached hydrogens (tertiary/aromatic N) is 1. The van der Waals surface area contributed by atoms with E-state index in [4.69, 9.17) is 22.1 Å². The maximum absolute atomic E-state index is 13.9. The summed E-state index contributed by atoms with van der Waals surface area (Å²) in [5.74, 6) is -0.0104. The lowest BCUT2D eigenvalue weighted by molar-refractivity contribution is 0.404. The van der Waals surface area contributed by atoms with Crippen LogP contribution in [0.25, 0.3) is 0 Å². The van der Waals surface area contributed by atoms with Gasteiger partial charge in [-0.25, -0.2) is 4.39 Å². The molecule has 0 saturated carbocycles. The van der Waals surface area contributed by atoms with Crippen molar-refractivity contribution in [2.75, 3.05) is 7.11 Å². The third-order valence-corrected chi connectivity index (χ3v) is 2.92. The number of halogens is 2. The van der Waals surface area contributed by atoms with E-state index in [1.54, 1.807) is 30.5 Å². The van der Waals surface area contributed by atoms with Crippen LogP contribution in [-0.4, -0.2) is 12.1 Å². The fourth-order valence-electron chi connectivity index (χ4n) is 1.72. The van der Waals surface area contributed by atoms with Crippen molar-refractivity contribution in [2.24, 2.45) is 5.73 Å². The first kappa shape index (κ1) is 12.8. The van der Waals surface area contributed by atoms with E-state index in [2.05, 4.69) is 4.98 Å². The molecule has 0 amide bonds. The molecule has 18 heavy (non-hydrogen) atoms. The number of rotatable bonds is 3. The van der Waals surface area contributed by atoms with E-state index < -0.39 is 11.9 Å². The number of nitrogens with two attached hydrogens (primary N) is 1. The number of pyridine rings is 1. The van der Waals surface area contributed by atoms with Crippen molar-refractivity contribution in [1.82, 2.24) is 4.98 Å². The third kappa shape index (κ3) is 2.30. The van der Waals surface area contributed by atoms with Gasteiger partial charge in [-0.3, -0.25) is 4.98 Å². The lowest BCUT2D eigenvalue weighted by atomic mass is 10.0. The predicted octanol–water partition coefficient (Wildman–Crippen LogP) is 2.93. The maximum Gasteiger partial charge on any atom is 0.146 e. The van der Waals surface area contributed by atoms with E-state index in [9.17, 15) is 4.39 Å². The first-order chi connectivity index (χ1) is 8.65. The molecule has 94 valence electrons. The van der Waals surface area contributed by atoms with Gasteiger partial charge in [0.05, 0.1) is 18.2 Å². The van der Waals surface area contributed by atoms with Gasteiger partial charge in [0.25, 0.3) is 0 Å². The van der Waals surface area contributed by atoms with Gasteiger partial charge in [0.1, 0.15) is 17.3 Å². The Hall–Kier alpha value is -1.65. The Labute approximate surface area is 109 Å². The van der Waals surface area contributed by atoms with Crippen molar-refractivity contribution >= 4 is 11.6 Å². The number of hydrogen-bond donors (Lipinski definition) is 1. The zero-order valence-corrected chi connectivity index (χ0v) is 10.5. The smallest absolute Gasteiger partial charge is 0.146 e. The normalized spacial score (nSPS) is 12.2. The van der Waals surface area contributed by atoms with E-state index in [0.29, 0.717) is 17.0 Å². The highest BCUT2D eigenvalue weighted by Crippen LogP contribution is 2.29. The molecule has 2 aromatic rings. The SMILES string of the molecule is COc1cccnc1C(N)c1cccc(Cl)c1F. The molecule has 0 spiro atoms. The molecule has 0 saturated heterocycles. The summed E-state index contributed by atoms with van der Waals surface area (Å²) in [6.07, 6.45) is 1.58. The standard InChI is InChI=1S/C13H12ClFN2O/c1-18-10-6-3-7-17-13(10)12(16)8-4-2-5-9(14)11(8)15/h2-7,12H,16H2,1H3. The number of methoxy groups -OCH3 is 1. The summed E-state index contributed by atoms with van der Waals surface area (Å²) in [7, 11) is 1.52. The number of benzene rings is 1. The average Bonchev–Trinajstić information content (AvgIpc) is 2.41. The van der Waals surface area contributed by atoms with E-state index >= 15 is 0 Å². The summed E-state index contributed by atoms with van der Waals surface area (Å²) in [6, 6.07) is 7.44. The van der Waals surface area contributed by atoms with Crippen molar-refractivity contribution in [3.63, 3.8) is 0 Å². The van der Waals surface area contributed by atoms with Gasteiger partial charge < -0.3 is 10.5 Å². The molecule has 5 heteroatoms. The fraction of sp³-hybridized carbons (Fsp3) is 0.154. The van der Waals surface area contributed by atoms with Crippen LogP contribution < -0.4 is 10.5 Å². The minimum atomic E-state index is -0.722. The van der Waals surface area contributed by atoms with Crippen molar-refractivity contribution in [2.45, 2.75) is 6.04 Å². The first-order valence-corrected chi connectivity index (χ1v) is 5.71. The van der Waals surface area contributed by atoms with Gasteiger partial charge in [0, 0.05) is 11.8 Å². The Kier molecular flexibility index (Phi) is 3.79. The zero-order chi connectivity index (χ0) is 13.1. The second-order valence-electron chi connectivity index (χ2n) is 3.71. The Bertz CT molecular complexity index is 562. The van der Waals surface area contributed by atoms with Gasteiger partial charge in [0.15, 0.2) is 0 Å². The van der Waals surface area contributed by atoms with Gasteiger partial charge in [-0.2, -0.15) is 0 Å². The fourth-order valence-corrected chi connectivity index (χ4v) is 1.90. The highest BCUT2D eigenvalue weighted by Gasteiger charge is 2.19. The predicted molar refractivity (Wildman–Crippen MR) is 68.2 cm³/mol. The quantitative estimate of drug-likeness (QED) is 0.929. The Morgan fingerprint density at radius 2 is 2.11 bits per heavy atom. The van der Waals surface area contributed by atoms with E-state index in [1.165, 1.54) is 13.2 Å². The van der Waals surface area contributed by atoms with Crippen LogP contribution >= 0.6 is 11.6 Å². The molecular weight excluding hydrogens is 255 g/mol. The van der Waals surface area contributed by atoms with Gasteiger partial charge in [-0.1, -0.05) is 23.7 Å². The van der Waals surface area contributed by atoms with Crippen molar-refractivity contribution in [3.8, 4) is 5.75 Å². The van der Waals surface area contributed by atoms with Gasteiger partial charge in [-0.05, 0) is 18.2 Å². The average molecular weight is 267 g/mol. The molecule has 0 aliphatic rings. The summed E-state index contributed by atoms with van der Waals surface area (Å²) in [6.45, 7) is 0. The molecule has 0 fully saturated rings. The van der Waals surface area contributed by atoms with Gasteiger partial charge in [-0.15, -0.1) is 0 Å². The molecule has 2 rings (SSSR count). The molecule has 1 unspecified atom stereocenters. The first-order valence-electron chi connectivity index (χ1n) is 5.33. The highest BCUT2D eigenvalue weighted by atomic mass is 35.5. The minimum absolute atomic E-state index is 0.0397. The van der Waals surface area contributed by atoms with Crippen molar-refractivity contribution in [1.29, 1.82) is 0 Å². The van der Waals surface area contributed by atoms with Crippen LogP contribution in [0.2, 0.25) is 5.02 Å². The largest absolute Gasteiger partial charge is 0.495 e. The highest BCUT2D eigenvalue weighted by molar-refractivity contribution is 6.30. The molecular formula is C13H12ClFN2O.